The van der Waals surface area contributed by atoms with Crippen molar-refractivity contribution in [3.05, 3.63) is 222 Å². The van der Waals surface area contributed by atoms with Crippen LogP contribution in [0.25, 0.3) is 27.6 Å². The largest absolute Gasteiger partial charge is 0.509 e. The van der Waals surface area contributed by atoms with Crippen molar-refractivity contribution in [3.8, 4) is 17.3 Å². The second-order valence-electron chi connectivity index (χ2n) is 21.1. The minimum Gasteiger partial charge on any atom is -0.509 e. The first-order valence-electron chi connectivity index (χ1n) is 23.4. The summed E-state index contributed by atoms with van der Waals surface area (Å²) in [7, 11) is 0. The van der Waals surface area contributed by atoms with E-state index in [0.717, 1.165) is 55.9 Å². The molecule has 0 aliphatic carbocycles. The molecule has 1 aliphatic rings. The van der Waals surface area contributed by atoms with E-state index in [1.165, 1.54) is 27.8 Å². The molecular formula is C62H59N4OPt-3. The standard InChI is InChI=1S/C62H59N4O.Pt/c1-59(2,3)42-25-28-48(29-26-42)64-41-65(55-24-18-17-23-54(55)64)49-35-47(62(9,10)44-21-15-12-16-22-44)36-51(39-49)67-50-30-32-53-52-31-27-46(61(7,8)43-19-13-11-14-20-43)37-56(52)66(57(53)40-50)58-38-45(33-34-63-58)60(4,5)6;/h11-38,41H,1-10H3;/q-3;. The predicted molar refractivity (Wildman–Crippen MR) is 279 cm³/mol. The van der Waals surface area contributed by atoms with Gasteiger partial charge in [-0.05, 0) is 91.9 Å². The SMILES string of the molecule is CC(C)(C)c1ccc(N2[CH-]N(c3[c-]c(Oc4[c-]c5c(cc4)c4ccc(C(C)(C)c6ccccc6)cc4n5-c4cc(C(C)(C)C)ccn4)cc(C(C)(C)c4ccccc4)c3)c3ccccc32)cc1.[Pt]. The van der Waals surface area contributed by atoms with Crippen LogP contribution in [0, 0.1) is 18.8 Å². The van der Waals surface area contributed by atoms with Crippen molar-refractivity contribution in [1.82, 2.24) is 9.55 Å². The molecule has 9 aromatic rings. The van der Waals surface area contributed by atoms with E-state index in [1.807, 2.05) is 12.3 Å². The number of nitrogens with zero attached hydrogens (tertiary/aromatic N) is 4. The number of pyridine rings is 1. The van der Waals surface area contributed by atoms with Crippen LogP contribution in [-0.4, -0.2) is 9.55 Å². The maximum absolute atomic E-state index is 7.00. The summed E-state index contributed by atoms with van der Waals surface area (Å²) in [5.41, 5.74) is 12.8. The molecular weight excluding hydrogens is 1010 g/mol. The maximum Gasteiger partial charge on any atom is 0.135 e. The molecule has 0 saturated carbocycles. The van der Waals surface area contributed by atoms with Gasteiger partial charge in [-0.25, -0.2) is 4.98 Å². The number of ether oxygens (including phenoxy) is 1. The zero-order valence-electron chi connectivity index (χ0n) is 40.8. The third-order valence-electron chi connectivity index (χ3n) is 13.9. The summed E-state index contributed by atoms with van der Waals surface area (Å²) in [6.07, 6.45) is 1.93. The minimum atomic E-state index is -0.361. The molecule has 6 heteroatoms. The molecule has 0 saturated heterocycles. The van der Waals surface area contributed by atoms with Crippen LogP contribution in [0.5, 0.6) is 11.5 Å². The van der Waals surface area contributed by atoms with Crippen LogP contribution in [0.2, 0.25) is 0 Å². The zero-order chi connectivity index (χ0) is 46.9. The Hall–Kier alpha value is -6.42. The molecule has 0 spiro atoms. The molecule has 0 bridgehead atoms. The van der Waals surface area contributed by atoms with Gasteiger partial charge in [-0.2, -0.15) is 6.07 Å². The number of rotatable bonds is 9. The van der Waals surface area contributed by atoms with Gasteiger partial charge in [0.15, 0.2) is 0 Å². The monoisotopic (exact) mass is 1070 g/mol. The number of anilines is 4. The summed E-state index contributed by atoms with van der Waals surface area (Å²) in [5.74, 6) is 2.04. The molecule has 0 atom stereocenters. The topological polar surface area (TPSA) is 33.5 Å². The first-order valence-corrected chi connectivity index (χ1v) is 23.4. The fourth-order valence-corrected chi connectivity index (χ4v) is 9.48. The van der Waals surface area contributed by atoms with Gasteiger partial charge in [-0.1, -0.05) is 172 Å². The second-order valence-corrected chi connectivity index (χ2v) is 21.1. The van der Waals surface area contributed by atoms with Gasteiger partial charge < -0.3 is 19.1 Å². The average Bonchev–Trinajstić information content (AvgIpc) is 3.87. The smallest absolute Gasteiger partial charge is 0.135 e. The first-order chi connectivity index (χ1) is 32.0. The summed E-state index contributed by atoms with van der Waals surface area (Å²) in [5, 5.41) is 2.21. The van der Waals surface area contributed by atoms with Crippen molar-refractivity contribution >= 4 is 44.6 Å². The van der Waals surface area contributed by atoms with E-state index in [0.29, 0.717) is 11.5 Å². The van der Waals surface area contributed by atoms with E-state index in [-0.39, 0.29) is 42.7 Å². The first kappa shape index (κ1) is 46.7. The number of para-hydroxylation sites is 2. The summed E-state index contributed by atoms with van der Waals surface area (Å²) in [6.45, 7) is 24.8. The quantitative estimate of drug-likeness (QED) is 0.135. The third kappa shape index (κ3) is 8.56. The van der Waals surface area contributed by atoms with Gasteiger partial charge in [-0.3, -0.25) is 0 Å². The van der Waals surface area contributed by atoms with Crippen LogP contribution in [0.1, 0.15) is 103 Å². The van der Waals surface area contributed by atoms with E-state index < -0.39 is 0 Å². The molecule has 0 N–H and O–H groups in total. The van der Waals surface area contributed by atoms with E-state index in [1.54, 1.807) is 0 Å². The van der Waals surface area contributed by atoms with Crippen LogP contribution in [-0.2, 0) is 42.7 Å². The Kier molecular flexibility index (Phi) is 12.1. The molecule has 5 nitrogen and oxygen atoms in total. The van der Waals surface area contributed by atoms with Gasteiger partial charge in [0.05, 0.1) is 0 Å². The van der Waals surface area contributed by atoms with E-state index in [9.17, 15) is 0 Å². The van der Waals surface area contributed by atoms with Crippen molar-refractivity contribution in [2.75, 3.05) is 9.80 Å². The summed E-state index contributed by atoms with van der Waals surface area (Å²) >= 11 is 0. The zero-order valence-corrected chi connectivity index (χ0v) is 43.0. The van der Waals surface area contributed by atoms with Crippen LogP contribution in [0.15, 0.2) is 170 Å². The second kappa shape index (κ2) is 17.6. The minimum absolute atomic E-state index is 0. The Bertz CT molecular complexity index is 3270. The molecule has 10 rings (SSSR count). The van der Waals surface area contributed by atoms with Crippen LogP contribution in [0.4, 0.5) is 22.7 Å². The van der Waals surface area contributed by atoms with Crippen molar-refractivity contribution in [2.45, 2.75) is 90.9 Å². The van der Waals surface area contributed by atoms with Gasteiger partial charge in [-0.15, -0.1) is 53.6 Å². The maximum atomic E-state index is 7.00. The Balaban J connectivity index is 0.00000578. The Morgan fingerprint density at radius 1 is 0.471 bits per heavy atom. The third-order valence-corrected chi connectivity index (χ3v) is 13.9. The fraction of sp³-hybridized carbons (Fsp3) is 0.226. The van der Waals surface area contributed by atoms with Gasteiger partial charge >= 0.3 is 0 Å². The van der Waals surface area contributed by atoms with Gasteiger partial charge in [0.2, 0.25) is 0 Å². The van der Waals surface area contributed by atoms with Crippen molar-refractivity contribution in [2.24, 2.45) is 0 Å². The van der Waals surface area contributed by atoms with E-state index in [4.69, 9.17) is 9.72 Å². The summed E-state index contributed by atoms with van der Waals surface area (Å²) in [4.78, 5) is 9.53. The molecule has 0 radical (unpaired) electrons. The number of aromatic nitrogens is 2. The molecule has 1 aliphatic heterocycles. The van der Waals surface area contributed by atoms with Gasteiger partial charge in [0.1, 0.15) is 5.82 Å². The van der Waals surface area contributed by atoms with E-state index >= 15 is 0 Å². The number of fused-ring (bicyclic) bond motifs is 4. The predicted octanol–water partition coefficient (Wildman–Crippen LogP) is 16.2. The molecule has 2 aromatic heterocycles. The average molecular weight is 1070 g/mol. The molecule has 7 aromatic carbocycles. The molecule has 3 heterocycles. The molecule has 0 unspecified atom stereocenters. The fourth-order valence-electron chi connectivity index (χ4n) is 9.48. The van der Waals surface area contributed by atoms with Crippen LogP contribution >= 0.6 is 0 Å². The summed E-state index contributed by atoms with van der Waals surface area (Å²) < 4.78 is 9.27. The van der Waals surface area contributed by atoms with Gasteiger partial charge in [0, 0.05) is 66.8 Å². The Labute approximate surface area is 417 Å². The van der Waals surface area contributed by atoms with E-state index in [2.05, 4.69) is 260 Å². The summed E-state index contributed by atoms with van der Waals surface area (Å²) in [6, 6.07) is 66.2. The van der Waals surface area contributed by atoms with Crippen LogP contribution < -0.4 is 14.5 Å². The molecule has 346 valence electrons. The van der Waals surface area contributed by atoms with Crippen molar-refractivity contribution < 1.29 is 25.8 Å². The Morgan fingerprint density at radius 3 is 1.68 bits per heavy atom. The van der Waals surface area contributed by atoms with Crippen molar-refractivity contribution in [1.29, 1.82) is 0 Å². The number of benzene rings is 7. The molecule has 68 heavy (non-hydrogen) atoms. The number of hydrogen-bond acceptors (Lipinski definition) is 4. The normalized spacial score (nSPS) is 13.2. The van der Waals surface area contributed by atoms with Crippen molar-refractivity contribution in [3.63, 3.8) is 0 Å². The Morgan fingerprint density at radius 2 is 1.04 bits per heavy atom. The molecule has 0 amide bonds. The van der Waals surface area contributed by atoms with Gasteiger partial charge in [0.25, 0.3) is 0 Å². The number of hydrogen-bond donors (Lipinski definition) is 0. The molecule has 0 fully saturated rings. The van der Waals surface area contributed by atoms with Crippen LogP contribution in [0.3, 0.4) is 0 Å².